The molecule has 0 amide bonds. The van der Waals surface area contributed by atoms with Gasteiger partial charge in [0.25, 0.3) is 6.29 Å². The topological polar surface area (TPSA) is 187 Å². The lowest BCUT2D eigenvalue weighted by atomic mass is 9.37. The van der Waals surface area contributed by atoms with Gasteiger partial charge in [-0.15, -0.1) is 0 Å². The molecular weight excluding hydrogens is 680 g/mol. The Kier molecular flexibility index (Phi) is 9.05. The minimum absolute atomic E-state index is 0.0407. The first-order valence-corrected chi connectivity index (χ1v) is 18.1. The summed E-state index contributed by atoms with van der Waals surface area (Å²) < 4.78 is 41.2. The molecule has 1 spiro atoms. The highest BCUT2D eigenvalue weighted by Gasteiger charge is 2.90. The summed E-state index contributed by atoms with van der Waals surface area (Å²) in [4.78, 5) is 79.1. The highest BCUT2D eigenvalue weighted by atomic mass is 16.7. The molecule has 2 bridgehead atoms. The fourth-order valence-corrected chi connectivity index (χ4v) is 10.5. The molecule has 0 aromatic heterocycles. The molecule has 4 heterocycles. The van der Waals surface area contributed by atoms with Gasteiger partial charge in [0.2, 0.25) is 0 Å². The van der Waals surface area contributed by atoms with Crippen LogP contribution in [0.4, 0.5) is 0 Å². The van der Waals surface area contributed by atoms with Crippen molar-refractivity contribution >= 4 is 35.8 Å². The predicted octanol–water partition coefficient (Wildman–Crippen LogP) is 3.47. The fourth-order valence-electron chi connectivity index (χ4n) is 10.5. The Morgan fingerprint density at radius 2 is 1.63 bits per heavy atom. The lowest BCUT2D eigenvalue weighted by Crippen LogP contribution is -2.76. The molecule has 0 radical (unpaired) electrons. The minimum Gasteiger partial charge on any atom is -0.469 e. The number of carbonyl (C=O) groups is 6. The summed E-state index contributed by atoms with van der Waals surface area (Å²) >= 11 is 0. The molecule has 4 fully saturated rings. The van der Waals surface area contributed by atoms with Crippen molar-refractivity contribution in [1.29, 1.82) is 0 Å². The van der Waals surface area contributed by atoms with Crippen LogP contribution in [-0.2, 0) is 61.9 Å². The number of rotatable bonds is 9. The van der Waals surface area contributed by atoms with Crippen LogP contribution in [0.15, 0.2) is 23.3 Å². The van der Waals surface area contributed by atoms with E-state index in [0.717, 1.165) is 0 Å². The molecule has 6 rings (SSSR count). The minimum atomic E-state index is -2.15. The molecule has 2 saturated carbocycles. The van der Waals surface area contributed by atoms with E-state index < -0.39 is 118 Å². The molecule has 286 valence electrons. The van der Waals surface area contributed by atoms with E-state index in [-0.39, 0.29) is 12.0 Å². The van der Waals surface area contributed by atoms with Crippen LogP contribution < -0.4 is 0 Å². The quantitative estimate of drug-likeness (QED) is 0.268. The predicted molar refractivity (Wildman–Crippen MR) is 177 cm³/mol. The number of carbonyl (C=O) groups excluding carboxylic acids is 6. The maximum atomic E-state index is 13.7. The Morgan fingerprint density at radius 1 is 0.981 bits per heavy atom. The van der Waals surface area contributed by atoms with Crippen LogP contribution in [0.2, 0.25) is 0 Å². The number of fused-ring (bicyclic) bond motifs is 2. The van der Waals surface area contributed by atoms with Gasteiger partial charge in [-0.3, -0.25) is 19.2 Å². The molecule has 14 heteroatoms. The molecule has 4 aliphatic heterocycles. The second-order valence-corrected chi connectivity index (χ2v) is 16.6. The summed E-state index contributed by atoms with van der Waals surface area (Å²) in [7, 11) is 1.28. The first kappa shape index (κ1) is 38.0. The molecular formula is C38H50O14. The molecule has 2 aliphatic carbocycles. The van der Waals surface area contributed by atoms with E-state index in [9.17, 15) is 33.9 Å². The molecule has 1 N–H and O–H groups in total. The van der Waals surface area contributed by atoms with Crippen molar-refractivity contribution < 1.29 is 67.0 Å². The number of ether oxygens (including phenoxy) is 7. The third kappa shape index (κ3) is 5.02. The molecule has 12 atom stereocenters. The number of aliphatic hydroxyl groups is 1. The van der Waals surface area contributed by atoms with Gasteiger partial charge >= 0.3 is 35.8 Å². The van der Waals surface area contributed by atoms with E-state index >= 15 is 0 Å². The zero-order valence-electron chi connectivity index (χ0n) is 31.4. The second kappa shape index (κ2) is 12.4. The average Bonchev–Trinajstić information content (AvgIpc) is 3.62. The van der Waals surface area contributed by atoms with Gasteiger partial charge in [-0.05, 0) is 30.8 Å². The standard InChI is InChI=1S/C38H50O14/c1-11-18(4)32(43)50-29-27-30(51-31(42)17(2)3)37-21(36(9,38(27,45)52-37)22(34(29,6)7)15-24(40)46-10)12-13-35(8)23(37)16-25(41)48-28(35)20-14-26(47-19(5)39)49-33(20)44/h14,16-18,21-22,26-30,45H,11-13,15H2,1-10H3/t18?,21-,22+,26-,27?,28+,29-,30-,35-,36-,37+,38+/m1/s1. The van der Waals surface area contributed by atoms with Crippen molar-refractivity contribution in [3.05, 3.63) is 23.3 Å². The first-order chi connectivity index (χ1) is 24.1. The van der Waals surface area contributed by atoms with E-state index in [1.807, 2.05) is 27.7 Å². The molecule has 0 aromatic carbocycles. The van der Waals surface area contributed by atoms with Crippen LogP contribution in [0.3, 0.4) is 0 Å². The van der Waals surface area contributed by atoms with Crippen molar-refractivity contribution in [2.75, 3.05) is 7.11 Å². The Balaban J connectivity index is 1.59. The Morgan fingerprint density at radius 3 is 2.23 bits per heavy atom. The van der Waals surface area contributed by atoms with Crippen LogP contribution in [0.25, 0.3) is 0 Å². The summed E-state index contributed by atoms with van der Waals surface area (Å²) in [5.74, 6) is -9.81. The number of hydrogen-bond donors (Lipinski definition) is 1. The van der Waals surface area contributed by atoms with Gasteiger partial charge < -0.3 is 38.3 Å². The summed E-state index contributed by atoms with van der Waals surface area (Å²) in [6, 6.07) is 0. The molecule has 2 unspecified atom stereocenters. The van der Waals surface area contributed by atoms with Crippen LogP contribution >= 0.6 is 0 Å². The van der Waals surface area contributed by atoms with E-state index in [4.69, 9.17) is 33.2 Å². The summed E-state index contributed by atoms with van der Waals surface area (Å²) in [5.41, 5.74) is -4.86. The second-order valence-electron chi connectivity index (χ2n) is 16.6. The van der Waals surface area contributed by atoms with Crippen molar-refractivity contribution in [1.82, 2.24) is 0 Å². The van der Waals surface area contributed by atoms with Gasteiger partial charge in [-0.1, -0.05) is 55.4 Å². The van der Waals surface area contributed by atoms with Gasteiger partial charge in [0.1, 0.15) is 23.9 Å². The summed E-state index contributed by atoms with van der Waals surface area (Å²) in [6.45, 7) is 15.5. The third-order valence-electron chi connectivity index (χ3n) is 13.2. The maximum absolute atomic E-state index is 13.7. The van der Waals surface area contributed by atoms with Crippen LogP contribution in [0.1, 0.15) is 88.0 Å². The van der Waals surface area contributed by atoms with Crippen molar-refractivity contribution in [2.24, 2.45) is 45.8 Å². The summed E-state index contributed by atoms with van der Waals surface area (Å²) in [5, 5.41) is 13.2. The van der Waals surface area contributed by atoms with Crippen LogP contribution in [-0.4, -0.2) is 84.0 Å². The van der Waals surface area contributed by atoms with E-state index in [0.29, 0.717) is 24.8 Å². The highest BCUT2D eigenvalue weighted by Crippen LogP contribution is 2.80. The molecule has 2 saturated heterocycles. The van der Waals surface area contributed by atoms with Gasteiger partial charge in [0, 0.05) is 47.7 Å². The van der Waals surface area contributed by atoms with E-state index in [1.165, 1.54) is 26.2 Å². The molecule has 0 aromatic rings. The van der Waals surface area contributed by atoms with Gasteiger partial charge in [-0.25, -0.2) is 9.59 Å². The number of hydrogen-bond acceptors (Lipinski definition) is 14. The Hall–Kier alpha value is -3.78. The smallest absolute Gasteiger partial charge is 0.341 e. The van der Waals surface area contributed by atoms with Crippen LogP contribution in [0, 0.1) is 45.8 Å². The Bertz CT molecular complexity index is 1660. The maximum Gasteiger partial charge on any atom is 0.341 e. The van der Waals surface area contributed by atoms with Gasteiger partial charge in [0.15, 0.2) is 5.79 Å². The number of esters is 6. The normalized spacial score (nSPS) is 41.4. The van der Waals surface area contributed by atoms with Crippen LogP contribution in [0.5, 0.6) is 0 Å². The molecule has 14 nitrogen and oxygen atoms in total. The Labute approximate surface area is 302 Å². The monoisotopic (exact) mass is 730 g/mol. The zero-order chi connectivity index (χ0) is 38.5. The van der Waals surface area contributed by atoms with E-state index in [2.05, 4.69) is 0 Å². The molecule has 6 aliphatic rings. The lowest BCUT2D eigenvalue weighted by molar-refractivity contribution is -0.326. The largest absolute Gasteiger partial charge is 0.469 e. The lowest BCUT2D eigenvalue weighted by Gasteiger charge is -2.67. The average molecular weight is 731 g/mol. The first-order valence-electron chi connectivity index (χ1n) is 18.1. The highest BCUT2D eigenvalue weighted by molar-refractivity contribution is 5.95. The van der Waals surface area contributed by atoms with E-state index in [1.54, 1.807) is 27.7 Å². The van der Waals surface area contributed by atoms with Crippen molar-refractivity contribution in [3.63, 3.8) is 0 Å². The molecule has 52 heavy (non-hydrogen) atoms. The number of cyclic esters (lactones) is 2. The zero-order valence-corrected chi connectivity index (χ0v) is 31.4. The van der Waals surface area contributed by atoms with Gasteiger partial charge in [0.05, 0.1) is 30.4 Å². The number of methoxy groups -OCH3 is 1. The van der Waals surface area contributed by atoms with Crippen molar-refractivity contribution in [2.45, 2.75) is 124 Å². The SMILES string of the molecule is CCC(C)C(=O)O[C@@H]1C2[C@@H](OC(=O)C(C)C)[C@]34O[C@]2(O)[C@@](C)([C@@H](CC(=O)OC)C1(C)C)[C@H]3CC[C@]1(C)C4=CC(=O)O[C@H]1C1=C[C@H](OC(C)=O)OC1=O. The summed E-state index contributed by atoms with van der Waals surface area (Å²) in [6.07, 6.45) is -1.48. The fraction of sp³-hybridized carbons (Fsp3) is 0.737. The van der Waals surface area contributed by atoms with Gasteiger partial charge in [-0.2, -0.15) is 0 Å². The van der Waals surface area contributed by atoms with Crippen molar-refractivity contribution in [3.8, 4) is 0 Å². The third-order valence-corrected chi connectivity index (χ3v) is 13.2.